The summed E-state index contributed by atoms with van der Waals surface area (Å²) in [5.41, 5.74) is -0.719. The number of methoxy groups -OCH3 is 1. The molecule has 4 nitrogen and oxygen atoms in total. The second-order valence-electron chi connectivity index (χ2n) is 5.80. The maximum absolute atomic E-state index is 11.5. The number of hydrogen-bond donors (Lipinski definition) is 0. The molecule has 0 bridgehead atoms. The standard InChI is InChI=1S/C12H23BO4/c1-8(10(14)15-7)9(2)13-16-11(3,4)12(5,6)17-13/h8-9H,1-7H3/t8-,9+/m1/s1. The van der Waals surface area contributed by atoms with Gasteiger partial charge < -0.3 is 14.0 Å². The van der Waals surface area contributed by atoms with Crippen molar-refractivity contribution in [1.29, 1.82) is 0 Å². The van der Waals surface area contributed by atoms with E-state index in [1.54, 1.807) is 0 Å². The van der Waals surface area contributed by atoms with E-state index in [4.69, 9.17) is 14.0 Å². The molecule has 0 saturated carbocycles. The van der Waals surface area contributed by atoms with Gasteiger partial charge >= 0.3 is 13.1 Å². The normalized spacial score (nSPS) is 25.5. The highest BCUT2D eigenvalue weighted by molar-refractivity contribution is 6.47. The first-order valence-corrected chi connectivity index (χ1v) is 6.06. The molecule has 1 saturated heterocycles. The van der Waals surface area contributed by atoms with Crippen LogP contribution in [-0.2, 0) is 18.8 Å². The van der Waals surface area contributed by atoms with Crippen LogP contribution < -0.4 is 0 Å². The Hall–Kier alpha value is -0.545. The van der Waals surface area contributed by atoms with Gasteiger partial charge in [0.05, 0.1) is 24.2 Å². The Morgan fingerprint density at radius 1 is 1.12 bits per heavy atom. The van der Waals surface area contributed by atoms with Crippen LogP contribution in [0.1, 0.15) is 41.5 Å². The van der Waals surface area contributed by atoms with Gasteiger partial charge in [0.25, 0.3) is 0 Å². The minimum Gasteiger partial charge on any atom is -0.469 e. The van der Waals surface area contributed by atoms with Crippen LogP contribution in [0.15, 0.2) is 0 Å². The molecule has 1 aliphatic rings. The highest BCUT2D eigenvalue weighted by Gasteiger charge is 2.54. The summed E-state index contributed by atoms with van der Waals surface area (Å²) in [7, 11) is 1.03. The SMILES string of the molecule is COC(=O)[C@H](C)[C@H](C)B1OC(C)(C)C(C)(C)O1. The van der Waals surface area contributed by atoms with Crippen LogP contribution in [0.25, 0.3) is 0 Å². The zero-order valence-electron chi connectivity index (χ0n) is 11.9. The smallest absolute Gasteiger partial charge is 0.461 e. The fraction of sp³-hybridized carbons (Fsp3) is 0.917. The van der Waals surface area contributed by atoms with Crippen LogP contribution in [0, 0.1) is 5.92 Å². The Morgan fingerprint density at radius 2 is 1.53 bits per heavy atom. The van der Waals surface area contributed by atoms with Gasteiger partial charge in [-0.2, -0.15) is 0 Å². The van der Waals surface area contributed by atoms with Gasteiger partial charge in [-0.1, -0.05) is 13.8 Å². The van der Waals surface area contributed by atoms with Gasteiger partial charge in [-0.25, -0.2) is 0 Å². The maximum Gasteiger partial charge on any atom is 0.461 e. The molecule has 5 heteroatoms. The summed E-state index contributed by atoms with van der Waals surface area (Å²) in [6.07, 6.45) is 0. The molecule has 0 aromatic carbocycles. The number of ether oxygens (including phenoxy) is 1. The average Bonchev–Trinajstić information content (AvgIpc) is 2.45. The molecule has 0 N–H and O–H groups in total. The van der Waals surface area contributed by atoms with Crippen LogP contribution in [0.3, 0.4) is 0 Å². The number of esters is 1. The molecule has 0 amide bonds. The molecule has 0 radical (unpaired) electrons. The summed E-state index contributed by atoms with van der Waals surface area (Å²) < 4.78 is 16.6. The third-order valence-electron chi connectivity index (χ3n) is 4.06. The first kappa shape index (κ1) is 14.5. The molecule has 0 aliphatic carbocycles. The third kappa shape index (κ3) is 2.66. The molecular weight excluding hydrogens is 219 g/mol. The molecule has 17 heavy (non-hydrogen) atoms. The van der Waals surface area contributed by atoms with Crippen molar-refractivity contribution in [3.8, 4) is 0 Å². The first-order valence-electron chi connectivity index (χ1n) is 6.06. The lowest BCUT2D eigenvalue weighted by atomic mass is 9.66. The Balaban J connectivity index is 2.74. The van der Waals surface area contributed by atoms with E-state index in [1.165, 1.54) is 7.11 Å². The Kier molecular flexibility index (Phi) is 3.94. The highest BCUT2D eigenvalue weighted by Crippen LogP contribution is 2.41. The summed E-state index contributed by atoms with van der Waals surface area (Å²) in [6.45, 7) is 11.8. The van der Waals surface area contributed by atoms with E-state index in [0.29, 0.717) is 0 Å². The van der Waals surface area contributed by atoms with Crippen LogP contribution >= 0.6 is 0 Å². The molecule has 98 valence electrons. The summed E-state index contributed by atoms with van der Waals surface area (Å²) in [4.78, 5) is 11.5. The number of carbonyl (C=O) groups excluding carboxylic acids is 1. The molecule has 0 spiro atoms. The largest absolute Gasteiger partial charge is 0.469 e. The summed E-state index contributed by atoms with van der Waals surface area (Å²) in [6, 6.07) is 0. The summed E-state index contributed by atoms with van der Waals surface area (Å²) in [5.74, 6) is -0.509. The maximum atomic E-state index is 11.5. The van der Waals surface area contributed by atoms with Gasteiger partial charge in [0.15, 0.2) is 0 Å². The van der Waals surface area contributed by atoms with Crippen LogP contribution in [-0.4, -0.2) is 31.4 Å². The van der Waals surface area contributed by atoms with E-state index < -0.39 is 0 Å². The zero-order valence-corrected chi connectivity index (χ0v) is 11.9. The number of hydrogen-bond acceptors (Lipinski definition) is 4. The van der Waals surface area contributed by atoms with Crippen molar-refractivity contribution in [2.45, 2.75) is 58.6 Å². The van der Waals surface area contributed by atoms with Gasteiger partial charge in [0, 0.05) is 5.82 Å². The van der Waals surface area contributed by atoms with Crippen molar-refractivity contribution in [2.75, 3.05) is 7.11 Å². The molecule has 0 aromatic heterocycles. The van der Waals surface area contributed by atoms with Gasteiger partial charge in [-0.05, 0) is 27.7 Å². The van der Waals surface area contributed by atoms with Crippen molar-refractivity contribution in [3.05, 3.63) is 0 Å². The van der Waals surface area contributed by atoms with Crippen LogP contribution in [0.5, 0.6) is 0 Å². The van der Waals surface area contributed by atoms with Crippen molar-refractivity contribution in [1.82, 2.24) is 0 Å². The molecular formula is C12H23BO4. The van der Waals surface area contributed by atoms with Crippen molar-refractivity contribution >= 4 is 13.1 Å². The highest BCUT2D eigenvalue weighted by atomic mass is 16.7. The van der Waals surface area contributed by atoms with E-state index in [9.17, 15) is 4.79 Å². The number of rotatable bonds is 3. The van der Waals surface area contributed by atoms with Crippen molar-refractivity contribution in [3.63, 3.8) is 0 Å². The minimum absolute atomic E-state index is 0.0384. The first-order chi connectivity index (χ1) is 7.62. The minimum atomic E-state index is -0.367. The topological polar surface area (TPSA) is 44.8 Å². The average molecular weight is 242 g/mol. The van der Waals surface area contributed by atoms with Gasteiger partial charge in [0.1, 0.15) is 0 Å². The van der Waals surface area contributed by atoms with E-state index >= 15 is 0 Å². The Morgan fingerprint density at radius 3 is 1.88 bits per heavy atom. The number of carbonyl (C=O) groups is 1. The van der Waals surface area contributed by atoms with Gasteiger partial charge in [0.2, 0.25) is 0 Å². The van der Waals surface area contributed by atoms with E-state index in [-0.39, 0.29) is 36.0 Å². The van der Waals surface area contributed by atoms with Crippen molar-refractivity contribution < 1.29 is 18.8 Å². The van der Waals surface area contributed by atoms with E-state index in [0.717, 1.165) is 0 Å². The molecule has 1 fully saturated rings. The fourth-order valence-corrected chi connectivity index (χ4v) is 1.74. The van der Waals surface area contributed by atoms with E-state index in [2.05, 4.69) is 0 Å². The predicted octanol–water partition coefficient (Wildman–Crippen LogP) is 2.28. The van der Waals surface area contributed by atoms with Crippen molar-refractivity contribution in [2.24, 2.45) is 5.92 Å². The lowest BCUT2D eigenvalue weighted by molar-refractivity contribution is -0.145. The molecule has 2 atom stereocenters. The van der Waals surface area contributed by atoms with Gasteiger partial charge in [-0.15, -0.1) is 0 Å². The lowest BCUT2D eigenvalue weighted by Crippen LogP contribution is -2.41. The molecule has 0 unspecified atom stereocenters. The van der Waals surface area contributed by atoms with Crippen LogP contribution in [0.4, 0.5) is 0 Å². The quantitative estimate of drug-likeness (QED) is 0.562. The monoisotopic (exact) mass is 242 g/mol. The summed E-state index contributed by atoms with van der Waals surface area (Å²) in [5, 5.41) is 0. The predicted molar refractivity (Wildman–Crippen MR) is 66.7 cm³/mol. The lowest BCUT2D eigenvalue weighted by Gasteiger charge is -2.32. The van der Waals surface area contributed by atoms with Crippen LogP contribution in [0.2, 0.25) is 5.82 Å². The Bertz CT molecular complexity index is 285. The van der Waals surface area contributed by atoms with Gasteiger partial charge in [-0.3, -0.25) is 4.79 Å². The second kappa shape index (κ2) is 4.61. The zero-order chi connectivity index (χ0) is 13.4. The Labute approximate surface area is 104 Å². The fourth-order valence-electron chi connectivity index (χ4n) is 1.74. The van der Waals surface area contributed by atoms with E-state index in [1.807, 2.05) is 41.5 Å². The molecule has 1 heterocycles. The third-order valence-corrected chi connectivity index (χ3v) is 4.06. The molecule has 0 aromatic rings. The molecule has 1 rings (SSSR count). The summed E-state index contributed by atoms with van der Waals surface area (Å²) >= 11 is 0. The second-order valence-corrected chi connectivity index (χ2v) is 5.80. The molecule has 1 aliphatic heterocycles.